The van der Waals surface area contributed by atoms with Crippen LogP contribution in [0.4, 0.5) is 18.9 Å². The second kappa shape index (κ2) is 8.39. The number of halogens is 3. The van der Waals surface area contributed by atoms with Crippen LogP contribution in [0.5, 0.6) is 5.75 Å². The van der Waals surface area contributed by atoms with Crippen molar-refractivity contribution in [1.29, 1.82) is 0 Å². The third kappa shape index (κ3) is 4.97. The second-order valence-corrected chi connectivity index (χ2v) is 6.68. The maximum atomic E-state index is 13.1. The summed E-state index contributed by atoms with van der Waals surface area (Å²) in [5.74, 6) is -1.48. The van der Waals surface area contributed by atoms with Crippen LogP contribution in [0, 0.1) is 0 Å². The maximum Gasteiger partial charge on any atom is 0.450 e. The number of rotatable bonds is 5. The number of ether oxygens (including phenoxy) is 2. The molecule has 8 heteroatoms. The van der Waals surface area contributed by atoms with Crippen molar-refractivity contribution < 1.29 is 27.4 Å². The van der Waals surface area contributed by atoms with Gasteiger partial charge >= 0.3 is 6.18 Å². The van der Waals surface area contributed by atoms with Crippen molar-refractivity contribution in [2.75, 3.05) is 17.7 Å². The lowest BCUT2D eigenvalue weighted by Gasteiger charge is -2.22. The first-order chi connectivity index (χ1) is 12.9. The molecule has 2 aromatic carbocycles. The van der Waals surface area contributed by atoms with Crippen LogP contribution in [0.25, 0.3) is 0 Å². The maximum absolute atomic E-state index is 13.1. The fourth-order valence-corrected chi connectivity index (χ4v) is 3.27. The molecule has 0 aliphatic carbocycles. The smallest absolute Gasteiger partial charge is 0.450 e. The summed E-state index contributed by atoms with van der Waals surface area (Å²) in [6, 6.07) is 16.0. The number of allylic oxidation sites excluding steroid dienone is 1. The highest BCUT2D eigenvalue weighted by Gasteiger charge is 2.42. The first kappa shape index (κ1) is 19.2. The first-order valence-electron chi connectivity index (χ1n) is 8.09. The van der Waals surface area contributed by atoms with E-state index in [1.165, 1.54) is 0 Å². The summed E-state index contributed by atoms with van der Waals surface area (Å²) in [6.45, 7) is 0.176. The molecule has 0 atom stereocenters. The Hall–Kier alpha value is -2.61. The van der Waals surface area contributed by atoms with Gasteiger partial charge in [0.2, 0.25) is 5.76 Å². The van der Waals surface area contributed by atoms with E-state index in [0.717, 1.165) is 17.3 Å². The van der Waals surface area contributed by atoms with Gasteiger partial charge in [0.15, 0.2) is 0 Å². The second-order valence-electron chi connectivity index (χ2n) is 5.58. The lowest BCUT2D eigenvalue weighted by Crippen LogP contribution is -2.26. The minimum Gasteiger partial charge on any atom is -0.487 e. The highest BCUT2D eigenvalue weighted by Crippen LogP contribution is 2.37. The van der Waals surface area contributed by atoms with Crippen LogP contribution in [0.3, 0.4) is 0 Å². The van der Waals surface area contributed by atoms with E-state index >= 15 is 0 Å². The van der Waals surface area contributed by atoms with E-state index in [-0.39, 0.29) is 19.0 Å². The number of thioether (sulfide) groups is 1. The van der Waals surface area contributed by atoms with Gasteiger partial charge in [0.25, 0.3) is 5.91 Å². The molecule has 0 fully saturated rings. The van der Waals surface area contributed by atoms with E-state index in [9.17, 15) is 18.0 Å². The van der Waals surface area contributed by atoms with Crippen LogP contribution >= 0.6 is 11.8 Å². The summed E-state index contributed by atoms with van der Waals surface area (Å²) in [7, 11) is 0. The molecule has 3 rings (SSSR count). The molecule has 1 N–H and O–H groups in total. The number of carbonyl (C=O) groups excluding carboxylic acids is 1. The number of hydrogen-bond donors (Lipinski definition) is 1. The summed E-state index contributed by atoms with van der Waals surface area (Å²) in [5.41, 5.74) is 1.22. The molecule has 0 spiro atoms. The molecule has 2 aromatic rings. The van der Waals surface area contributed by atoms with Crippen molar-refractivity contribution in [3.8, 4) is 5.75 Å². The van der Waals surface area contributed by atoms with Gasteiger partial charge in [0.1, 0.15) is 17.3 Å². The van der Waals surface area contributed by atoms with Crippen molar-refractivity contribution in [3.63, 3.8) is 0 Å². The highest BCUT2D eigenvalue weighted by molar-refractivity contribution is 8.04. The van der Waals surface area contributed by atoms with Crippen LogP contribution in [0.15, 0.2) is 65.3 Å². The number of amides is 1. The molecule has 1 aliphatic heterocycles. The van der Waals surface area contributed by atoms with Gasteiger partial charge in [-0.25, -0.2) is 0 Å². The van der Waals surface area contributed by atoms with Gasteiger partial charge in [-0.2, -0.15) is 13.2 Å². The van der Waals surface area contributed by atoms with E-state index in [0.29, 0.717) is 11.4 Å². The largest absolute Gasteiger partial charge is 0.487 e. The number of anilines is 1. The molecule has 1 amide bonds. The van der Waals surface area contributed by atoms with Gasteiger partial charge in [-0.05, 0) is 17.7 Å². The number of hydrogen-bond acceptors (Lipinski definition) is 4. The van der Waals surface area contributed by atoms with Crippen LogP contribution in [-0.4, -0.2) is 24.4 Å². The van der Waals surface area contributed by atoms with Crippen LogP contribution in [0.2, 0.25) is 0 Å². The molecule has 1 heterocycles. The number of benzene rings is 2. The van der Waals surface area contributed by atoms with E-state index in [2.05, 4.69) is 5.32 Å². The molecule has 0 bridgehead atoms. The standard InChI is InChI=1S/C19H16F3NO3S/c20-19(21,22)17-16(27-11-10-25-17)18(24)23-14-8-4-5-9-15(14)26-12-13-6-2-1-3-7-13/h1-9H,10-12H2,(H,23,24). The zero-order valence-electron chi connectivity index (χ0n) is 14.1. The van der Waals surface area contributed by atoms with E-state index in [1.54, 1.807) is 24.3 Å². The zero-order chi connectivity index (χ0) is 19.3. The highest BCUT2D eigenvalue weighted by atomic mass is 32.2. The van der Waals surface area contributed by atoms with E-state index < -0.39 is 22.7 Å². The first-order valence-corrected chi connectivity index (χ1v) is 9.08. The van der Waals surface area contributed by atoms with Gasteiger partial charge in [0.05, 0.1) is 12.3 Å². The Kier molecular flexibility index (Phi) is 5.95. The molecule has 0 saturated heterocycles. The summed E-state index contributed by atoms with van der Waals surface area (Å²) < 4.78 is 49.6. The summed E-state index contributed by atoms with van der Waals surface area (Å²) in [4.78, 5) is 11.9. The quantitative estimate of drug-likeness (QED) is 0.794. The Morgan fingerprint density at radius 2 is 1.81 bits per heavy atom. The normalized spacial score (nSPS) is 14.5. The van der Waals surface area contributed by atoms with Crippen molar-refractivity contribution in [1.82, 2.24) is 0 Å². The molecule has 4 nitrogen and oxygen atoms in total. The third-order valence-electron chi connectivity index (χ3n) is 3.62. The predicted octanol–water partition coefficient (Wildman–Crippen LogP) is 4.74. The molecule has 0 radical (unpaired) electrons. The van der Waals surface area contributed by atoms with Gasteiger partial charge in [-0.15, -0.1) is 11.8 Å². The Bertz CT molecular complexity index is 838. The third-order valence-corrected chi connectivity index (χ3v) is 4.65. The van der Waals surface area contributed by atoms with Crippen LogP contribution in [-0.2, 0) is 16.1 Å². The molecule has 142 valence electrons. The topological polar surface area (TPSA) is 47.6 Å². The van der Waals surface area contributed by atoms with E-state index in [4.69, 9.17) is 9.47 Å². The van der Waals surface area contributed by atoms with Gasteiger partial charge in [-0.1, -0.05) is 42.5 Å². The molecule has 0 aromatic heterocycles. The molecule has 27 heavy (non-hydrogen) atoms. The Labute approximate surface area is 158 Å². The van der Waals surface area contributed by atoms with Crippen LogP contribution < -0.4 is 10.1 Å². The zero-order valence-corrected chi connectivity index (χ0v) is 14.9. The lowest BCUT2D eigenvalue weighted by atomic mass is 10.2. The Morgan fingerprint density at radius 3 is 2.56 bits per heavy atom. The van der Waals surface area contributed by atoms with Crippen molar-refractivity contribution >= 4 is 23.4 Å². The van der Waals surface area contributed by atoms with Gasteiger partial charge in [0, 0.05) is 5.75 Å². The summed E-state index contributed by atoms with van der Waals surface area (Å²) >= 11 is 0.823. The average Bonchev–Trinajstić information content (AvgIpc) is 2.67. The number of alkyl halides is 3. The fraction of sp³-hybridized carbons (Fsp3) is 0.211. The summed E-state index contributed by atoms with van der Waals surface area (Å²) in [6.07, 6.45) is -4.72. The number of para-hydroxylation sites is 2. The summed E-state index contributed by atoms with van der Waals surface area (Å²) in [5, 5.41) is 2.50. The number of nitrogens with one attached hydrogen (secondary N) is 1. The van der Waals surface area contributed by atoms with Crippen LogP contribution in [0.1, 0.15) is 5.56 Å². The van der Waals surface area contributed by atoms with Gasteiger partial charge in [-0.3, -0.25) is 4.79 Å². The molecule has 1 aliphatic rings. The minimum absolute atomic E-state index is 0.0902. The van der Waals surface area contributed by atoms with Crippen molar-refractivity contribution in [2.45, 2.75) is 12.8 Å². The Balaban J connectivity index is 1.77. The molecule has 0 unspecified atom stereocenters. The monoisotopic (exact) mass is 395 g/mol. The number of carbonyl (C=O) groups is 1. The predicted molar refractivity (Wildman–Crippen MR) is 97.3 cm³/mol. The minimum atomic E-state index is -4.72. The van der Waals surface area contributed by atoms with Crippen molar-refractivity contribution in [3.05, 3.63) is 70.8 Å². The molecule has 0 saturated carbocycles. The van der Waals surface area contributed by atoms with Crippen molar-refractivity contribution in [2.24, 2.45) is 0 Å². The Morgan fingerprint density at radius 1 is 1.11 bits per heavy atom. The molecular weight excluding hydrogens is 379 g/mol. The van der Waals surface area contributed by atoms with E-state index in [1.807, 2.05) is 30.3 Å². The lowest BCUT2D eigenvalue weighted by molar-refractivity contribution is -0.133. The fourth-order valence-electron chi connectivity index (χ4n) is 2.41. The van der Waals surface area contributed by atoms with Gasteiger partial charge < -0.3 is 14.8 Å². The SMILES string of the molecule is O=C(Nc1ccccc1OCc1ccccc1)C1=C(C(F)(F)F)OCCS1. The average molecular weight is 395 g/mol. The molecular formula is C19H16F3NO3S.